The molecule has 1 saturated heterocycles. The quantitative estimate of drug-likeness (QED) is 0.627. The molecular formula is C10H10BrNO3. The summed E-state index contributed by atoms with van der Waals surface area (Å²) in [5.74, 6) is 0.00861. The summed E-state index contributed by atoms with van der Waals surface area (Å²) < 4.78 is 6.33. The fourth-order valence-electron chi connectivity index (χ4n) is 1.72. The normalized spacial score (nSPS) is 24.6. The van der Waals surface area contributed by atoms with Crippen molar-refractivity contribution in [3.05, 3.63) is 44.4 Å². The van der Waals surface area contributed by atoms with Crippen LogP contribution in [0.1, 0.15) is 11.7 Å². The molecule has 1 aliphatic heterocycles. The summed E-state index contributed by atoms with van der Waals surface area (Å²) in [6.07, 6.45) is -0.118. The van der Waals surface area contributed by atoms with Crippen LogP contribution in [-0.4, -0.2) is 18.1 Å². The molecule has 5 heteroatoms. The first-order valence-corrected chi connectivity index (χ1v) is 5.45. The molecule has 1 aromatic rings. The van der Waals surface area contributed by atoms with Crippen molar-refractivity contribution in [2.75, 3.05) is 13.2 Å². The molecule has 0 saturated carbocycles. The van der Waals surface area contributed by atoms with Gasteiger partial charge in [-0.15, -0.1) is 0 Å². The number of nitrogens with zero attached hydrogens (tertiary/aromatic N) is 1. The Bertz CT molecular complexity index is 383. The van der Waals surface area contributed by atoms with E-state index in [4.69, 9.17) is 4.74 Å². The van der Waals surface area contributed by atoms with Crippen LogP contribution in [0.2, 0.25) is 0 Å². The Labute approximate surface area is 95.5 Å². The Morgan fingerprint density at radius 1 is 1.60 bits per heavy atom. The topological polar surface area (TPSA) is 52.4 Å². The monoisotopic (exact) mass is 271 g/mol. The minimum absolute atomic E-state index is 0.00861. The SMILES string of the molecule is O=[N+]([O-])CC1COC1c1cccc(Br)c1. The Morgan fingerprint density at radius 3 is 2.93 bits per heavy atom. The lowest BCUT2D eigenvalue weighted by Crippen LogP contribution is -2.37. The summed E-state index contributed by atoms with van der Waals surface area (Å²) >= 11 is 3.37. The summed E-state index contributed by atoms with van der Waals surface area (Å²) in [7, 11) is 0. The van der Waals surface area contributed by atoms with Gasteiger partial charge in [-0.1, -0.05) is 28.1 Å². The van der Waals surface area contributed by atoms with E-state index < -0.39 is 0 Å². The zero-order chi connectivity index (χ0) is 10.8. The van der Waals surface area contributed by atoms with E-state index in [0.29, 0.717) is 6.61 Å². The van der Waals surface area contributed by atoms with Crippen LogP contribution in [0.3, 0.4) is 0 Å². The molecule has 2 rings (SSSR count). The zero-order valence-corrected chi connectivity index (χ0v) is 9.51. The highest BCUT2D eigenvalue weighted by Crippen LogP contribution is 2.36. The highest BCUT2D eigenvalue weighted by molar-refractivity contribution is 9.10. The number of hydrogen-bond acceptors (Lipinski definition) is 3. The van der Waals surface area contributed by atoms with Crippen molar-refractivity contribution in [1.82, 2.24) is 0 Å². The molecule has 80 valence electrons. The lowest BCUT2D eigenvalue weighted by atomic mass is 9.92. The smallest absolute Gasteiger partial charge is 0.211 e. The van der Waals surface area contributed by atoms with Crippen molar-refractivity contribution in [1.29, 1.82) is 0 Å². The van der Waals surface area contributed by atoms with E-state index in [-0.39, 0.29) is 23.5 Å². The van der Waals surface area contributed by atoms with Crippen molar-refractivity contribution in [3.63, 3.8) is 0 Å². The van der Waals surface area contributed by atoms with Crippen LogP contribution in [0.15, 0.2) is 28.7 Å². The van der Waals surface area contributed by atoms with Crippen molar-refractivity contribution < 1.29 is 9.66 Å². The molecule has 0 radical (unpaired) electrons. The predicted molar refractivity (Wildman–Crippen MR) is 58.2 cm³/mol. The Morgan fingerprint density at radius 2 is 2.40 bits per heavy atom. The van der Waals surface area contributed by atoms with E-state index in [1.54, 1.807) is 0 Å². The van der Waals surface area contributed by atoms with E-state index in [1.807, 2.05) is 24.3 Å². The van der Waals surface area contributed by atoms with Crippen LogP contribution in [0, 0.1) is 16.0 Å². The molecule has 0 aromatic heterocycles. The zero-order valence-electron chi connectivity index (χ0n) is 7.93. The minimum atomic E-state index is -0.280. The van der Waals surface area contributed by atoms with Crippen LogP contribution >= 0.6 is 15.9 Å². The number of rotatable bonds is 3. The largest absolute Gasteiger partial charge is 0.372 e. The van der Waals surface area contributed by atoms with Crippen LogP contribution in [-0.2, 0) is 4.74 Å². The van der Waals surface area contributed by atoms with Gasteiger partial charge in [0.25, 0.3) is 0 Å². The van der Waals surface area contributed by atoms with Gasteiger partial charge in [0.05, 0.1) is 18.6 Å². The maximum Gasteiger partial charge on any atom is 0.211 e. The van der Waals surface area contributed by atoms with Crippen LogP contribution in [0.5, 0.6) is 0 Å². The first kappa shape index (κ1) is 10.6. The molecule has 15 heavy (non-hydrogen) atoms. The molecule has 0 spiro atoms. The fourth-order valence-corrected chi connectivity index (χ4v) is 2.14. The molecule has 0 bridgehead atoms. The van der Waals surface area contributed by atoms with E-state index in [2.05, 4.69) is 15.9 Å². The molecule has 1 aromatic carbocycles. The average molecular weight is 272 g/mol. The number of nitro groups is 1. The van der Waals surface area contributed by atoms with Gasteiger partial charge in [0.2, 0.25) is 6.54 Å². The lowest BCUT2D eigenvalue weighted by molar-refractivity contribution is -0.498. The highest BCUT2D eigenvalue weighted by atomic mass is 79.9. The molecule has 1 aliphatic rings. The van der Waals surface area contributed by atoms with E-state index >= 15 is 0 Å². The second-order valence-electron chi connectivity index (χ2n) is 3.58. The Balaban J connectivity index is 2.08. The molecule has 4 nitrogen and oxygen atoms in total. The molecule has 0 amide bonds. The van der Waals surface area contributed by atoms with Gasteiger partial charge in [0, 0.05) is 9.40 Å². The van der Waals surface area contributed by atoms with E-state index in [1.165, 1.54) is 0 Å². The summed E-state index contributed by atoms with van der Waals surface area (Å²) in [5, 5.41) is 10.4. The standard InChI is InChI=1S/C10H10BrNO3/c11-9-3-1-2-7(4-9)10-8(6-15-10)5-12(13)14/h1-4,8,10H,5-6H2. The minimum Gasteiger partial charge on any atom is -0.372 e. The van der Waals surface area contributed by atoms with Gasteiger partial charge in [0.1, 0.15) is 0 Å². The molecule has 0 N–H and O–H groups in total. The van der Waals surface area contributed by atoms with Gasteiger partial charge in [-0.2, -0.15) is 0 Å². The predicted octanol–water partition coefficient (Wildman–Crippen LogP) is 2.41. The number of ether oxygens (including phenoxy) is 1. The Kier molecular flexibility index (Phi) is 3.02. The summed E-state index contributed by atoms with van der Waals surface area (Å²) in [5.41, 5.74) is 1.00. The van der Waals surface area contributed by atoms with Gasteiger partial charge < -0.3 is 4.74 Å². The third-order valence-electron chi connectivity index (χ3n) is 2.48. The number of hydrogen-bond donors (Lipinski definition) is 0. The lowest BCUT2D eigenvalue weighted by Gasteiger charge is -2.34. The second kappa shape index (κ2) is 4.28. The van der Waals surface area contributed by atoms with Gasteiger partial charge >= 0.3 is 0 Å². The molecule has 2 atom stereocenters. The van der Waals surface area contributed by atoms with E-state index in [9.17, 15) is 10.1 Å². The maximum absolute atomic E-state index is 10.4. The van der Waals surface area contributed by atoms with Crippen LogP contribution < -0.4 is 0 Å². The first-order chi connectivity index (χ1) is 7.16. The first-order valence-electron chi connectivity index (χ1n) is 4.65. The van der Waals surface area contributed by atoms with Gasteiger partial charge in [-0.3, -0.25) is 10.1 Å². The summed E-state index contributed by atoms with van der Waals surface area (Å²) in [6.45, 7) is 0.468. The van der Waals surface area contributed by atoms with Crippen molar-refractivity contribution in [2.24, 2.45) is 5.92 Å². The van der Waals surface area contributed by atoms with E-state index in [0.717, 1.165) is 10.0 Å². The second-order valence-corrected chi connectivity index (χ2v) is 4.50. The number of benzene rings is 1. The van der Waals surface area contributed by atoms with Crippen molar-refractivity contribution >= 4 is 15.9 Å². The molecule has 2 unspecified atom stereocenters. The van der Waals surface area contributed by atoms with Crippen LogP contribution in [0.25, 0.3) is 0 Å². The van der Waals surface area contributed by atoms with Gasteiger partial charge in [-0.25, -0.2) is 0 Å². The molecule has 0 aliphatic carbocycles. The Hall–Kier alpha value is -0.940. The third kappa shape index (κ3) is 2.35. The maximum atomic E-state index is 10.4. The highest BCUT2D eigenvalue weighted by Gasteiger charge is 2.37. The summed E-state index contributed by atoms with van der Waals surface area (Å²) in [6, 6.07) is 7.70. The molecular weight excluding hydrogens is 262 g/mol. The fraction of sp³-hybridized carbons (Fsp3) is 0.400. The number of halogens is 1. The van der Waals surface area contributed by atoms with Crippen LogP contribution in [0.4, 0.5) is 0 Å². The molecule has 1 fully saturated rings. The average Bonchev–Trinajstić information content (AvgIpc) is 2.12. The van der Waals surface area contributed by atoms with Gasteiger partial charge in [-0.05, 0) is 17.7 Å². The molecule has 1 heterocycles. The third-order valence-corrected chi connectivity index (χ3v) is 2.97. The van der Waals surface area contributed by atoms with Gasteiger partial charge in [0.15, 0.2) is 0 Å². The summed E-state index contributed by atoms with van der Waals surface area (Å²) in [4.78, 5) is 10.1. The van der Waals surface area contributed by atoms with Crippen molar-refractivity contribution in [3.8, 4) is 0 Å². The van der Waals surface area contributed by atoms with Crippen molar-refractivity contribution in [2.45, 2.75) is 6.10 Å².